The summed E-state index contributed by atoms with van der Waals surface area (Å²) in [5.41, 5.74) is 3.02. The number of hydrogen-bond acceptors (Lipinski definition) is 7. The molecule has 0 bridgehead atoms. The topological polar surface area (TPSA) is 159 Å². The summed E-state index contributed by atoms with van der Waals surface area (Å²) in [6.45, 7) is 1.39. The highest BCUT2D eigenvalue weighted by atomic mass is 19.4. The molecule has 0 saturated carbocycles. The third-order valence-corrected chi connectivity index (χ3v) is 6.70. The first-order valence-corrected chi connectivity index (χ1v) is 13.3. The van der Waals surface area contributed by atoms with Gasteiger partial charge in [0.2, 0.25) is 5.91 Å². The van der Waals surface area contributed by atoms with Crippen LogP contribution < -0.4 is 10.2 Å². The Balaban J connectivity index is 0.000000345. The zero-order valence-electron chi connectivity index (χ0n) is 23.6. The van der Waals surface area contributed by atoms with Crippen molar-refractivity contribution >= 4 is 29.4 Å². The third-order valence-electron chi connectivity index (χ3n) is 6.70. The number of carboxylic acids is 2. The molecule has 246 valence electrons. The molecule has 4 heterocycles. The predicted octanol–water partition coefficient (Wildman–Crippen LogP) is 3.79. The number of amides is 2. The van der Waals surface area contributed by atoms with E-state index in [0.29, 0.717) is 38.1 Å². The number of aliphatic carboxylic acids is 2. The summed E-state index contributed by atoms with van der Waals surface area (Å²) in [5, 5.41) is 17.2. The number of nitrogens with one attached hydrogen (secondary N) is 1. The number of hydrogen-bond donors (Lipinski definition) is 3. The lowest BCUT2D eigenvalue weighted by atomic mass is 9.80. The highest BCUT2D eigenvalue weighted by Crippen LogP contribution is 2.47. The van der Waals surface area contributed by atoms with Crippen LogP contribution in [0, 0.1) is 0 Å². The molecule has 2 aliphatic rings. The van der Waals surface area contributed by atoms with Gasteiger partial charge in [0.05, 0.1) is 12.2 Å². The maximum atomic E-state index is 13.2. The molecule has 2 unspecified atom stereocenters. The standard InChI is InChI=1S/C25H24N4O3.2C2HF3O2/c30-23(28-13-10-19-7-3-4-12-27-19)22-14-25(17-32-22)16-29(21-9-2-1-8-20(21)25)24(31)18-6-5-11-26-15-18;2*3-2(4,5)1(6)7/h1-9,11-12,15,22H,10,13-14,16-17H2,(H,28,30);2*(H,6,7). The number of rotatable bonds is 5. The molecular formula is C29H26F6N4O7. The van der Waals surface area contributed by atoms with Gasteiger partial charge in [-0.2, -0.15) is 26.3 Å². The number of anilines is 1. The molecule has 11 nitrogen and oxygen atoms in total. The van der Waals surface area contributed by atoms with Crippen molar-refractivity contribution in [2.24, 2.45) is 0 Å². The van der Waals surface area contributed by atoms with Crippen LogP contribution in [0.3, 0.4) is 0 Å². The van der Waals surface area contributed by atoms with Crippen molar-refractivity contribution in [1.82, 2.24) is 15.3 Å². The van der Waals surface area contributed by atoms with Crippen LogP contribution in [0.5, 0.6) is 0 Å². The largest absolute Gasteiger partial charge is 0.490 e. The van der Waals surface area contributed by atoms with Gasteiger partial charge in [-0.3, -0.25) is 19.6 Å². The van der Waals surface area contributed by atoms with E-state index in [1.54, 1.807) is 35.6 Å². The SMILES string of the molecule is O=C(NCCc1ccccn1)C1CC2(CO1)CN(C(=O)c1cccnc1)c1ccccc12.O=C(O)C(F)(F)F.O=C(O)C(F)(F)F. The Bertz CT molecular complexity index is 1500. The molecule has 2 atom stereocenters. The van der Waals surface area contributed by atoms with Crippen molar-refractivity contribution < 1.29 is 60.5 Å². The van der Waals surface area contributed by atoms with Crippen LogP contribution in [0.15, 0.2) is 73.2 Å². The van der Waals surface area contributed by atoms with Gasteiger partial charge in [-0.05, 0) is 42.3 Å². The smallest absolute Gasteiger partial charge is 0.475 e. The number of para-hydroxylation sites is 1. The van der Waals surface area contributed by atoms with E-state index in [0.717, 1.165) is 16.9 Å². The van der Waals surface area contributed by atoms with E-state index in [2.05, 4.69) is 15.3 Å². The van der Waals surface area contributed by atoms with Crippen LogP contribution in [-0.2, 0) is 31.0 Å². The van der Waals surface area contributed by atoms with E-state index in [9.17, 15) is 35.9 Å². The van der Waals surface area contributed by atoms with Gasteiger partial charge in [-0.25, -0.2) is 9.59 Å². The third kappa shape index (κ3) is 9.23. The molecule has 17 heteroatoms. The summed E-state index contributed by atoms with van der Waals surface area (Å²) in [4.78, 5) is 53.9. The number of alkyl halides is 6. The number of fused-ring (bicyclic) bond motifs is 2. The summed E-state index contributed by atoms with van der Waals surface area (Å²) >= 11 is 0. The van der Waals surface area contributed by atoms with Crippen molar-refractivity contribution in [3.05, 3.63) is 90.0 Å². The lowest BCUT2D eigenvalue weighted by molar-refractivity contribution is -0.193. The van der Waals surface area contributed by atoms with E-state index < -0.39 is 35.8 Å². The monoisotopic (exact) mass is 656 g/mol. The number of benzene rings is 1. The Hall–Kier alpha value is -5.06. The number of aromatic nitrogens is 2. The molecule has 0 aliphatic carbocycles. The maximum absolute atomic E-state index is 13.2. The summed E-state index contributed by atoms with van der Waals surface area (Å²) in [6, 6.07) is 17.2. The molecule has 2 aliphatic heterocycles. The summed E-state index contributed by atoms with van der Waals surface area (Å²) in [6.07, 6.45) is -4.52. The van der Waals surface area contributed by atoms with Gasteiger partial charge < -0.3 is 25.2 Å². The van der Waals surface area contributed by atoms with Crippen molar-refractivity contribution in [3.8, 4) is 0 Å². The minimum Gasteiger partial charge on any atom is -0.475 e. The van der Waals surface area contributed by atoms with Gasteiger partial charge >= 0.3 is 24.3 Å². The Morgan fingerprint density at radius 2 is 1.54 bits per heavy atom. The summed E-state index contributed by atoms with van der Waals surface area (Å²) in [7, 11) is 0. The summed E-state index contributed by atoms with van der Waals surface area (Å²) < 4.78 is 69.4. The lowest BCUT2D eigenvalue weighted by Crippen LogP contribution is -2.39. The first-order valence-electron chi connectivity index (χ1n) is 13.3. The van der Waals surface area contributed by atoms with Gasteiger partial charge in [0.1, 0.15) is 6.10 Å². The second-order valence-electron chi connectivity index (χ2n) is 9.90. The Morgan fingerprint density at radius 1 is 0.913 bits per heavy atom. The minimum absolute atomic E-state index is 0.0920. The molecular weight excluding hydrogens is 630 g/mol. The molecule has 46 heavy (non-hydrogen) atoms. The van der Waals surface area contributed by atoms with Gasteiger partial charge in [-0.1, -0.05) is 24.3 Å². The zero-order valence-corrected chi connectivity index (χ0v) is 23.6. The molecule has 3 aromatic rings. The number of pyridine rings is 2. The molecule has 1 fully saturated rings. The number of halogens is 6. The highest BCUT2D eigenvalue weighted by molar-refractivity contribution is 6.07. The van der Waals surface area contributed by atoms with Crippen LogP contribution in [0.1, 0.15) is 28.0 Å². The average molecular weight is 657 g/mol. The van der Waals surface area contributed by atoms with Crippen LogP contribution in [-0.4, -0.2) is 82.1 Å². The normalized spacial score (nSPS) is 18.4. The van der Waals surface area contributed by atoms with Crippen LogP contribution >= 0.6 is 0 Å². The Kier molecular flexibility index (Phi) is 11.4. The van der Waals surface area contributed by atoms with E-state index in [1.807, 2.05) is 42.5 Å². The Morgan fingerprint density at radius 3 is 2.11 bits per heavy atom. The fourth-order valence-corrected chi connectivity index (χ4v) is 4.63. The first-order chi connectivity index (χ1) is 21.5. The number of nitrogens with zero attached hydrogens (tertiary/aromatic N) is 3. The number of carbonyl (C=O) groups excluding carboxylic acids is 2. The fourth-order valence-electron chi connectivity index (χ4n) is 4.63. The second kappa shape index (κ2) is 14.8. The van der Waals surface area contributed by atoms with E-state index >= 15 is 0 Å². The Labute approximate surface area is 256 Å². The highest BCUT2D eigenvalue weighted by Gasteiger charge is 2.51. The summed E-state index contributed by atoms with van der Waals surface area (Å²) in [5.74, 6) is -5.72. The molecule has 1 saturated heterocycles. The fraction of sp³-hybridized carbons (Fsp3) is 0.310. The number of carbonyl (C=O) groups is 4. The van der Waals surface area contributed by atoms with Gasteiger partial charge in [-0.15, -0.1) is 0 Å². The number of carboxylic acid groups (broad SMARTS) is 2. The van der Waals surface area contributed by atoms with Gasteiger partial charge in [0.15, 0.2) is 0 Å². The molecule has 2 amide bonds. The van der Waals surface area contributed by atoms with E-state index in [-0.39, 0.29) is 11.8 Å². The lowest BCUT2D eigenvalue weighted by Gasteiger charge is -2.23. The number of ether oxygens (including phenoxy) is 1. The molecule has 2 aromatic heterocycles. The van der Waals surface area contributed by atoms with Crippen LogP contribution in [0.2, 0.25) is 0 Å². The molecule has 5 rings (SSSR count). The molecule has 1 spiro atoms. The van der Waals surface area contributed by atoms with Crippen molar-refractivity contribution in [2.75, 3.05) is 24.6 Å². The van der Waals surface area contributed by atoms with Crippen LogP contribution in [0.25, 0.3) is 0 Å². The van der Waals surface area contributed by atoms with Crippen LogP contribution in [0.4, 0.5) is 32.0 Å². The van der Waals surface area contributed by atoms with E-state index in [4.69, 9.17) is 24.5 Å². The first kappa shape index (κ1) is 35.4. The van der Waals surface area contributed by atoms with Crippen molar-refractivity contribution in [3.63, 3.8) is 0 Å². The quantitative estimate of drug-likeness (QED) is 0.348. The molecule has 3 N–H and O–H groups in total. The van der Waals surface area contributed by atoms with Gasteiger partial charge in [0, 0.05) is 54.9 Å². The van der Waals surface area contributed by atoms with Crippen molar-refractivity contribution in [2.45, 2.75) is 36.7 Å². The van der Waals surface area contributed by atoms with Crippen molar-refractivity contribution in [1.29, 1.82) is 0 Å². The molecule has 1 aromatic carbocycles. The second-order valence-corrected chi connectivity index (χ2v) is 9.90. The van der Waals surface area contributed by atoms with Gasteiger partial charge in [0.25, 0.3) is 5.91 Å². The van der Waals surface area contributed by atoms with E-state index in [1.165, 1.54) is 0 Å². The zero-order chi connectivity index (χ0) is 34.1. The minimum atomic E-state index is -5.08. The predicted molar refractivity (Wildman–Crippen MR) is 147 cm³/mol. The average Bonchev–Trinajstić information content (AvgIpc) is 3.59. The molecule has 0 radical (unpaired) electrons. The maximum Gasteiger partial charge on any atom is 0.490 e.